The van der Waals surface area contributed by atoms with Crippen LogP contribution in [0.3, 0.4) is 0 Å². The average Bonchev–Trinajstić information content (AvgIpc) is 3.00. The highest BCUT2D eigenvalue weighted by Crippen LogP contribution is 2.17. The summed E-state index contributed by atoms with van der Waals surface area (Å²) in [7, 11) is 0. The number of hydrogen-bond acceptors (Lipinski definition) is 5. The highest BCUT2D eigenvalue weighted by molar-refractivity contribution is 7.07. The van der Waals surface area contributed by atoms with Gasteiger partial charge < -0.3 is 4.74 Å². The maximum absolute atomic E-state index is 5.64. The van der Waals surface area contributed by atoms with Gasteiger partial charge in [-0.3, -0.25) is 14.9 Å². The second-order valence-electron chi connectivity index (χ2n) is 5.07. The lowest BCUT2D eigenvalue weighted by Gasteiger charge is -2.35. The van der Waals surface area contributed by atoms with Crippen LogP contribution in [0.2, 0.25) is 0 Å². The molecule has 1 fully saturated rings. The van der Waals surface area contributed by atoms with Gasteiger partial charge in [0, 0.05) is 37.7 Å². The van der Waals surface area contributed by atoms with Gasteiger partial charge in [-0.1, -0.05) is 0 Å². The fourth-order valence-electron chi connectivity index (χ4n) is 2.55. The molecular weight excluding hydrogens is 270 g/mol. The highest BCUT2D eigenvalue weighted by atomic mass is 32.1. The summed E-state index contributed by atoms with van der Waals surface area (Å²) in [5.74, 6) is 0. The van der Waals surface area contributed by atoms with Crippen molar-refractivity contribution in [2.45, 2.75) is 25.4 Å². The molecule has 0 N–H and O–H groups in total. The van der Waals surface area contributed by atoms with Crippen LogP contribution in [0.5, 0.6) is 0 Å². The second-order valence-corrected chi connectivity index (χ2v) is 5.85. The summed E-state index contributed by atoms with van der Waals surface area (Å²) in [5, 5.41) is 4.37. The van der Waals surface area contributed by atoms with E-state index in [1.165, 1.54) is 5.56 Å². The first-order valence-electron chi connectivity index (χ1n) is 6.99. The Bertz CT molecular complexity index is 503. The Labute approximate surface area is 123 Å². The Kier molecular flexibility index (Phi) is 4.73. The number of ether oxygens (including phenoxy) is 1. The zero-order valence-corrected chi connectivity index (χ0v) is 12.3. The van der Waals surface area contributed by atoms with Crippen molar-refractivity contribution in [3.63, 3.8) is 0 Å². The zero-order chi connectivity index (χ0) is 13.6. The summed E-state index contributed by atoms with van der Waals surface area (Å²) in [6.07, 6.45) is 7.36. The number of aryl methyl sites for hydroxylation is 1. The maximum atomic E-state index is 5.64. The zero-order valence-electron chi connectivity index (χ0n) is 11.4. The third-order valence-corrected chi connectivity index (χ3v) is 4.40. The quantitative estimate of drug-likeness (QED) is 0.847. The normalized spacial score (nSPS) is 20.1. The minimum absolute atomic E-state index is 0.477. The molecule has 2 aromatic rings. The molecule has 0 saturated carbocycles. The summed E-state index contributed by atoms with van der Waals surface area (Å²) < 4.78 is 5.64. The molecule has 1 atom stereocenters. The van der Waals surface area contributed by atoms with Crippen molar-refractivity contribution in [3.05, 3.63) is 46.7 Å². The molecular formula is C15H19N3OS. The number of aromatic nitrogens is 2. The first-order valence-corrected chi connectivity index (χ1v) is 7.94. The van der Waals surface area contributed by atoms with Crippen LogP contribution in [0.25, 0.3) is 0 Å². The predicted molar refractivity (Wildman–Crippen MR) is 79.7 cm³/mol. The van der Waals surface area contributed by atoms with Gasteiger partial charge in [0.05, 0.1) is 18.9 Å². The average molecular weight is 289 g/mol. The molecule has 1 aliphatic heterocycles. The van der Waals surface area contributed by atoms with Gasteiger partial charge in [-0.2, -0.15) is 11.3 Å². The predicted octanol–water partition coefficient (Wildman–Crippen LogP) is 2.37. The Balaban J connectivity index is 1.57. The molecule has 0 aromatic carbocycles. The van der Waals surface area contributed by atoms with E-state index in [1.807, 2.05) is 6.20 Å². The molecule has 2 aromatic heterocycles. The van der Waals surface area contributed by atoms with Crippen molar-refractivity contribution < 1.29 is 4.74 Å². The van der Waals surface area contributed by atoms with Gasteiger partial charge in [-0.15, -0.1) is 0 Å². The van der Waals surface area contributed by atoms with E-state index in [1.54, 1.807) is 23.7 Å². The van der Waals surface area contributed by atoms with Crippen molar-refractivity contribution in [1.82, 2.24) is 14.9 Å². The standard InChI is InChI=1S/C15H19N3OS/c1(14-9-16-4-5-17-14)2-15-11-19-7-6-18(15)10-13-3-8-20-12-13/h3-5,8-9,12,15H,1-2,6-7,10-11H2/t15-/m1/s1. The van der Waals surface area contributed by atoms with Crippen LogP contribution in [0.1, 0.15) is 17.7 Å². The molecule has 0 bridgehead atoms. The Morgan fingerprint density at radius 1 is 1.40 bits per heavy atom. The summed E-state index contributed by atoms with van der Waals surface area (Å²) in [4.78, 5) is 11.0. The monoisotopic (exact) mass is 289 g/mol. The minimum atomic E-state index is 0.477. The molecule has 4 nitrogen and oxygen atoms in total. The second kappa shape index (κ2) is 6.92. The third kappa shape index (κ3) is 3.62. The Morgan fingerprint density at radius 2 is 2.40 bits per heavy atom. The molecule has 3 rings (SSSR count). The fraction of sp³-hybridized carbons (Fsp3) is 0.467. The molecule has 1 aliphatic rings. The molecule has 5 heteroatoms. The van der Waals surface area contributed by atoms with Crippen molar-refractivity contribution in [1.29, 1.82) is 0 Å². The van der Waals surface area contributed by atoms with Crippen LogP contribution in [0, 0.1) is 0 Å². The first-order chi connectivity index (χ1) is 9.92. The fourth-order valence-corrected chi connectivity index (χ4v) is 3.21. The largest absolute Gasteiger partial charge is 0.378 e. The number of morpholine rings is 1. The Morgan fingerprint density at radius 3 is 3.20 bits per heavy atom. The van der Waals surface area contributed by atoms with E-state index in [0.29, 0.717) is 6.04 Å². The van der Waals surface area contributed by atoms with E-state index in [9.17, 15) is 0 Å². The molecule has 0 spiro atoms. The van der Waals surface area contributed by atoms with Gasteiger partial charge in [-0.25, -0.2) is 0 Å². The van der Waals surface area contributed by atoms with Crippen molar-refractivity contribution >= 4 is 11.3 Å². The van der Waals surface area contributed by atoms with E-state index in [2.05, 4.69) is 31.7 Å². The van der Waals surface area contributed by atoms with Gasteiger partial charge >= 0.3 is 0 Å². The van der Waals surface area contributed by atoms with Gasteiger partial charge in [0.1, 0.15) is 0 Å². The van der Waals surface area contributed by atoms with E-state index < -0.39 is 0 Å². The van der Waals surface area contributed by atoms with Gasteiger partial charge in [0.15, 0.2) is 0 Å². The Hall–Kier alpha value is -1.30. The third-order valence-electron chi connectivity index (χ3n) is 3.67. The summed E-state index contributed by atoms with van der Waals surface area (Å²) in [6.45, 7) is 3.70. The van der Waals surface area contributed by atoms with Crippen molar-refractivity contribution in [2.24, 2.45) is 0 Å². The molecule has 106 valence electrons. The van der Waals surface area contributed by atoms with E-state index in [4.69, 9.17) is 4.74 Å². The lowest BCUT2D eigenvalue weighted by Crippen LogP contribution is -2.45. The smallest absolute Gasteiger partial charge is 0.0622 e. The maximum Gasteiger partial charge on any atom is 0.0622 e. The minimum Gasteiger partial charge on any atom is -0.378 e. The van der Waals surface area contributed by atoms with Gasteiger partial charge in [-0.05, 0) is 35.2 Å². The molecule has 0 unspecified atom stereocenters. The number of rotatable bonds is 5. The van der Waals surface area contributed by atoms with Crippen LogP contribution in [-0.2, 0) is 17.7 Å². The molecule has 1 saturated heterocycles. The highest BCUT2D eigenvalue weighted by Gasteiger charge is 2.23. The van der Waals surface area contributed by atoms with Crippen LogP contribution >= 0.6 is 11.3 Å². The van der Waals surface area contributed by atoms with Crippen LogP contribution in [0.15, 0.2) is 35.4 Å². The molecule has 0 radical (unpaired) electrons. The SMILES string of the molecule is c1cnc(CC[C@@H]2COCCN2Cc2ccsc2)cn1. The number of hydrogen-bond donors (Lipinski definition) is 0. The lowest BCUT2D eigenvalue weighted by molar-refractivity contribution is -0.0143. The molecule has 20 heavy (non-hydrogen) atoms. The van der Waals surface area contributed by atoms with Gasteiger partial charge in [0.2, 0.25) is 0 Å². The van der Waals surface area contributed by atoms with Crippen molar-refractivity contribution in [2.75, 3.05) is 19.8 Å². The lowest BCUT2D eigenvalue weighted by atomic mass is 10.1. The van der Waals surface area contributed by atoms with E-state index >= 15 is 0 Å². The summed E-state index contributed by atoms with van der Waals surface area (Å²) in [5.41, 5.74) is 2.47. The summed E-state index contributed by atoms with van der Waals surface area (Å²) in [6, 6.07) is 2.69. The van der Waals surface area contributed by atoms with E-state index in [-0.39, 0.29) is 0 Å². The van der Waals surface area contributed by atoms with Crippen LogP contribution in [0.4, 0.5) is 0 Å². The molecule has 0 aliphatic carbocycles. The van der Waals surface area contributed by atoms with Crippen LogP contribution < -0.4 is 0 Å². The summed E-state index contributed by atoms with van der Waals surface area (Å²) >= 11 is 1.76. The topological polar surface area (TPSA) is 38.2 Å². The molecule has 0 amide bonds. The molecule has 3 heterocycles. The first kappa shape index (κ1) is 13.7. The van der Waals surface area contributed by atoms with Gasteiger partial charge in [0.25, 0.3) is 0 Å². The number of nitrogens with zero attached hydrogens (tertiary/aromatic N) is 3. The van der Waals surface area contributed by atoms with E-state index in [0.717, 1.165) is 44.8 Å². The van der Waals surface area contributed by atoms with Crippen LogP contribution in [-0.4, -0.2) is 40.7 Å². The van der Waals surface area contributed by atoms with Crippen molar-refractivity contribution in [3.8, 4) is 0 Å². The number of thiophene rings is 1.